The number of hydrogen-bond donors (Lipinski definition) is 13. The molecule has 0 radical (unpaired) electrons. The highest BCUT2D eigenvalue weighted by atomic mass is 16.3. The van der Waals surface area contributed by atoms with Crippen molar-refractivity contribution in [2.45, 2.75) is 135 Å². The molecule has 2 unspecified atom stereocenters. The number of aromatic hydroxyl groups is 1. The Morgan fingerprint density at radius 1 is 0.671 bits per heavy atom. The number of carbonyl (C=O) groups is 12. The van der Waals surface area contributed by atoms with E-state index in [0.29, 0.717) is 36.9 Å². The van der Waals surface area contributed by atoms with Crippen molar-refractivity contribution >= 4 is 70.8 Å². The highest BCUT2D eigenvalue weighted by Crippen LogP contribution is 2.41. The molecule has 0 bridgehead atoms. The summed E-state index contributed by atoms with van der Waals surface area (Å²) in [5.41, 5.74) is 16.8. The monoisotopic (exact) mass is 1070 g/mol. The summed E-state index contributed by atoms with van der Waals surface area (Å²) in [4.78, 5) is 161. The first kappa shape index (κ1) is 62.4. The number of imidazole rings is 1. The number of ketones is 1. The predicted octanol–water partition coefficient (Wildman–Crippen LogP) is -2.60. The van der Waals surface area contributed by atoms with Gasteiger partial charge in [-0.1, -0.05) is 52.7 Å². The molecule has 1 aromatic carbocycles. The van der Waals surface area contributed by atoms with Crippen LogP contribution < -0.4 is 59.7 Å². The lowest BCUT2D eigenvalue weighted by Crippen LogP contribution is -2.59. The molecule has 0 saturated heterocycles. The van der Waals surface area contributed by atoms with Crippen molar-refractivity contribution < 1.29 is 62.6 Å². The Labute approximate surface area is 440 Å². The SMILES string of the molecule is CCC(C)[C@@H](CNC(=O)CCC(=O)N[C@@H](Cc1ccc(O)cc1)C(=O)N[C@H](C(=O)N[C@@H](CCC(N)=O)C(=O)N[C@@H](CC(N)=O)C(C)=O)[C@@H](C)CC)C(=O)NCCC1C[C@@H]1C(=O)N[C@@H](Cc1cnc[nH]1)C(=O)NCC(N)=O. The van der Waals surface area contributed by atoms with E-state index in [0.717, 1.165) is 6.92 Å². The van der Waals surface area contributed by atoms with Crippen LogP contribution >= 0.6 is 0 Å². The maximum atomic E-state index is 14.1. The van der Waals surface area contributed by atoms with Gasteiger partial charge in [0.25, 0.3) is 0 Å². The number of phenols is 1. The number of Topliss-reactive ketones (excluding diaryl/α,β-unsaturated/α-hetero) is 1. The van der Waals surface area contributed by atoms with Gasteiger partial charge < -0.3 is 69.8 Å². The second-order valence-electron chi connectivity index (χ2n) is 19.3. The summed E-state index contributed by atoms with van der Waals surface area (Å²) in [6, 6.07) is -0.608. The van der Waals surface area contributed by atoms with Crippen LogP contribution in [0.3, 0.4) is 0 Å². The topological polar surface area (TPSA) is 428 Å². The summed E-state index contributed by atoms with van der Waals surface area (Å²) in [7, 11) is 0. The minimum Gasteiger partial charge on any atom is -0.508 e. The molecule has 0 spiro atoms. The normalized spacial score (nSPS) is 16.8. The molecule has 418 valence electrons. The lowest BCUT2D eigenvalue weighted by molar-refractivity contribution is -0.135. The molecule has 0 aliphatic heterocycles. The van der Waals surface area contributed by atoms with Gasteiger partial charge in [0, 0.05) is 63.0 Å². The predicted molar refractivity (Wildman–Crippen MR) is 273 cm³/mol. The maximum Gasteiger partial charge on any atom is 0.243 e. The molecule has 1 aliphatic rings. The van der Waals surface area contributed by atoms with Crippen LogP contribution in [0.15, 0.2) is 36.8 Å². The third-order valence-corrected chi connectivity index (χ3v) is 13.2. The maximum absolute atomic E-state index is 14.1. The van der Waals surface area contributed by atoms with Gasteiger partial charge in [0.2, 0.25) is 65.0 Å². The first-order valence-corrected chi connectivity index (χ1v) is 25.4. The summed E-state index contributed by atoms with van der Waals surface area (Å²) in [6.07, 6.45) is 2.96. The summed E-state index contributed by atoms with van der Waals surface area (Å²) in [5.74, 6) is -10.0. The van der Waals surface area contributed by atoms with Gasteiger partial charge >= 0.3 is 0 Å². The quantitative estimate of drug-likeness (QED) is 0.0337. The molecule has 10 atom stereocenters. The van der Waals surface area contributed by atoms with E-state index in [-0.39, 0.29) is 81.0 Å². The number of nitrogens with one attached hydrogen (secondary N) is 9. The van der Waals surface area contributed by atoms with Crippen molar-refractivity contribution in [2.24, 2.45) is 46.8 Å². The molecule has 76 heavy (non-hydrogen) atoms. The minimum atomic E-state index is -1.45. The number of nitrogens with two attached hydrogens (primary N) is 3. The van der Waals surface area contributed by atoms with Crippen LogP contribution in [0, 0.1) is 29.6 Å². The number of phenolic OH excluding ortho intramolecular Hbond substituents is 1. The van der Waals surface area contributed by atoms with E-state index < -0.39 is 120 Å². The number of primary amides is 3. The number of rotatable bonds is 35. The van der Waals surface area contributed by atoms with Crippen molar-refractivity contribution in [1.29, 1.82) is 0 Å². The van der Waals surface area contributed by atoms with Gasteiger partial charge in [-0.05, 0) is 61.6 Å². The Hall–Kier alpha value is -7.93. The lowest BCUT2D eigenvalue weighted by Gasteiger charge is -2.29. The van der Waals surface area contributed by atoms with Crippen LogP contribution in [-0.2, 0) is 70.4 Å². The summed E-state index contributed by atoms with van der Waals surface area (Å²) < 4.78 is 0. The van der Waals surface area contributed by atoms with Crippen LogP contribution in [0.4, 0.5) is 0 Å². The average Bonchev–Trinajstić information content (AvgIpc) is 3.96. The molecule has 26 nitrogen and oxygen atoms in total. The Bertz CT molecular complexity index is 2370. The molecule has 1 heterocycles. The zero-order chi connectivity index (χ0) is 56.6. The molecular formula is C50H75N13O13. The first-order chi connectivity index (χ1) is 35.9. The fraction of sp³-hybridized carbons (Fsp3) is 0.580. The lowest BCUT2D eigenvalue weighted by atomic mass is 9.90. The average molecular weight is 1070 g/mol. The zero-order valence-corrected chi connectivity index (χ0v) is 43.7. The van der Waals surface area contributed by atoms with Gasteiger partial charge in [0.15, 0.2) is 5.78 Å². The largest absolute Gasteiger partial charge is 0.508 e. The van der Waals surface area contributed by atoms with Crippen LogP contribution in [0.2, 0.25) is 0 Å². The smallest absolute Gasteiger partial charge is 0.243 e. The Morgan fingerprint density at radius 2 is 1.30 bits per heavy atom. The summed E-state index contributed by atoms with van der Waals surface area (Å²) in [5, 5.41) is 30.8. The molecule has 2 aromatic rings. The van der Waals surface area contributed by atoms with Crippen molar-refractivity contribution in [1.82, 2.24) is 52.5 Å². The third kappa shape index (κ3) is 21.9. The standard InChI is InChI=1S/C50H75N13O13/c1-6-26(3)34(45(71)55-17-16-30-19-33(30)46(72)62-38(20-31-22-54-25-58-31)47(73)57-24-41(53)68)23-56-42(69)14-15-43(70)59-37(18-29-8-10-32(65)11-9-29)49(75)63-44(27(4)7-2)50(76)60-35(12-13-39(51)66)48(74)61-36(28(5)64)21-40(52)67/h8-11,22,25-27,30,33-38,44,65H,6-7,12-21,23-24H2,1-5H3,(H2,51,66)(H2,52,67)(H2,53,68)(H,54,58)(H,55,71)(H,56,69)(H,57,73)(H,59,70)(H,60,76)(H,61,74)(H,62,72)(H,63,75)/t26?,27-,30?,33-,34+,35-,36-,37-,38-,44-/m0/s1. The first-order valence-electron chi connectivity index (χ1n) is 25.4. The van der Waals surface area contributed by atoms with E-state index in [1.54, 1.807) is 13.8 Å². The Balaban J connectivity index is 1.61. The van der Waals surface area contributed by atoms with E-state index >= 15 is 0 Å². The number of carbonyl (C=O) groups excluding carboxylic acids is 12. The van der Waals surface area contributed by atoms with E-state index in [2.05, 4.69) is 52.5 Å². The molecule has 16 N–H and O–H groups in total. The summed E-state index contributed by atoms with van der Waals surface area (Å²) >= 11 is 0. The zero-order valence-electron chi connectivity index (χ0n) is 43.7. The molecule has 1 saturated carbocycles. The number of amides is 11. The molecule has 1 fully saturated rings. The van der Waals surface area contributed by atoms with Crippen LogP contribution in [-0.4, -0.2) is 136 Å². The van der Waals surface area contributed by atoms with Gasteiger partial charge in [0.05, 0.1) is 31.3 Å². The van der Waals surface area contributed by atoms with Gasteiger partial charge in [-0.25, -0.2) is 4.98 Å². The molecular weight excluding hydrogens is 991 g/mol. The van der Waals surface area contributed by atoms with E-state index in [4.69, 9.17) is 17.2 Å². The van der Waals surface area contributed by atoms with Gasteiger partial charge in [-0.15, -0.1) is 0 Å². The summed E-state index contributed by atoms with van der Waals surface area (Å²) in [6.45, 7) is 8.07. The molecule has 1 aliphatic carbocycles. The number of aromatic nitrogens is 2. The number of aromatic amines is 1. The highest BCUT2D eigenvalue weighted by molar-refractivity contribution is 5.97. The van der Waals surface area contributed by atoms with Crippen molar-refractivity contribution in [3.05, 3.63) is 48.0 Å². The molecule has 1 aromatic heterocycles. The highest BCUT2D eigenvalue weighted by Gasteiger charge is 2.43. The van der Waals surface area contributed by atoms with E-state index in [1.807, 2.05) is 13.8 Å². The minimum absolute atomic E-state index is 0.0496. The van der Waals surface area contributed by atoms with Gasteiger partial charge in [0.1, 0.15) is 29.9 Å². The molecule has 11 amide bonds. The number of hydrogen-bond acceptors (Lipinski definition) is 14. The third-order valence-electron chi connectivity index (χ3n) is 13.2. The van der Waals surface area contributed by atoms with Crippen molar-refractivity contribution in [3.8, 4) is 5.75 Å². The second kappa shape index (κ2) is 31.1. The fourth-order valence-corrected chi connectivity index (χ4v) is 8.06. The van der Waals surface area contributed by atoms with Crippen LogP contribution in [0.25, 0.3) is 0 Å². The van der Waals surface area contributed by atoms with Crippen LogP contribution in [0.5, 0.6) is 5.75 Å². The van der Waals surface area contributed by atoms with E-state index in [9.17, 15) is 62.6 Å². The van der Waals surface area contributed by atoms with Crippen molar-refractivity contribution in [3.63, 3.8) is 0 Å². The molecule has 3 rings (SSSR count). The molecule has 26 heteroatoms. The Morgan fingerprint density at radius 3 is 1.89 bits per heavy atom. The number of nitrogens with zero attached hydrogens (tertiary/aromatic N) is 1. The van der Waals surface area contributed by atoms with Gasteiger partial charge in [-0.3, -0.25) is 57.5 Å². The number of benzene rings is 1. The van der Waals surface area contributed by atoms with Crippen molar-refractivity contribution in [2.75, 3.05) is 19.6 Å². The van der Waals surface area contributed by atoms with Gasteiger partial charge in [-0.2, -0.15) is 0 Å². The fourth-order valence-electron chi connectivity index (χ4n) is 8.06. The van der Waals surface area contributed by atoms with Crippen LogP contribution in [0.1, 0.15) is 104 Å². The number of H-pyrrole nitrogens is 1. The Kier molecular flexibility index (Phi) is 25.5. The van der Waals surface area contributed by atoms with E-state index in [1.165, 1.54) is 36.8 Å². The second-order valence-corrected chi connectivity index (χ2v) is 19.3.